The summed E-state index contributed by atoms with van der Waals surface area (Å²) >= 11 is 0. The van der Waals surface area contributed by atoms with Gasteiger partial charge in [0.1, 0.15) is 6.61 Å². The molecule has 0 aromatic carbocycles. The third kappa shape index (κ3) is 8.66. The van der Waals surface area contributed by atoms with Gasteiger partial charge in [-0.05, 0) is 26.8 Å². The Morgan fingerprint density at radius 1 is 1.28 bits per heavy atom. The lowest BCUT2D eigenvalue weighted by Gasteiger charge is -2.19. The SMILES string of the molecule is CCOCCCNCC(C)OCC(F)(F)C(F)F. The molecule has 0 aliphatic rings. The van der Waals surface area contributed by atoms with Crippen molar-refractivity contribution >= 4 is 0 Å². The maximum absolute atomic E-state index is 12.5. The highest BCUT2D eigenvalue weighted by atomic mass is 19.3. The van der Waals surface area contributed by atoms with Crippen LogP contribution in [0, 0.1) is 0 Å². The van der Waals surface area contributed by atoms with Crippen molar-refractivity contribution in [1.82, 2.24) is 5.32 Å². The fourth-order valence-corrected chi connectivity index (χ4v) is 1.12. The summed E-state index contributed by atoms with van der Waals surface area (Å²) in [6, 6.07) is 0. The van der Waals surface area contributed by atoms with Crippen LogP contribution in [0.25, 0.3) is 0 Å². The van der Waals surface area contributed by atoms with E-state index in [1.165, 1.54) is 0 Å². The quantitative estimate of drug-likeness (QED) is 0.463. The number of hydrogen-bond acceptors (Lipinski definition) is 3. The van der Waals surface area contributed by atoms with E-state index >= 15 is 0 Å². The minimum atomic E-state index is -4.08. The molecule has 1 unspecified atom stereocenters. The van der Waals surface area contributed by atoms with Gasteiger partial charge in [-0.1, -0.05) is 0 Å². The van der Waals surface area contributed by atoms with Crippen molar-refractivity contribution in [3.8, 4) is 0 Å². The van der Waals surface area contributed by atoms with Gasteiger partial charge in [-0.25, -0.2) is 8.78 Å². The zero-order chi connectivity index (χ0) is 14.0. The molecule has 0 spiro atoms. The van der Waals surface area contributed by atoms with Crippen molar-refractivity contribution < 1.29 is 27.0 Å². The number of rotatable bonds is 11. The Hall–Kier alpha value is -0.400. The van der Waals surface area contributed by atoms with Crippen LogP contribution in [0.1, 0.15) is 20.3 Å². The molecule has 0 aromatic heterocycles. The van der Waals surface area contributed by atoms with E-state index in [0.717, 1.165) is 6.42 Å². The average Bonchev–Trinajstić information content (AvgIpc) is 2.31. The molecule has 0 saturated heterocycles. The van der Waals surface area contributed by atoms with E-state index in [2.05, 4.69) is 10.1 Å². The Labute approximate surface area is 105 Å². The molecular weight excluding hydrogens is 254 g/mol. The molecule has 1 atom stereocenters. The number of halogens is 4. The lowest BCUT2D eigenvalue weighted by atomic mass is 10.3. The Morgan fingerprint density at radius 3 is 2.50 bits per heavy atom. The van der Waals surface area contributed by atoms with Gasteiger partial charge >= 0.3 is 12.3 Å². The Kier molecular flexibility index (Phi) is 9.31. The van der Waals surface area contributed by atoms with Crippen molar-refractivity contribution in [2.45, 2.75) is 38.7 Å². The molecule has 110 valence electrons. The van der Waals surface area contributed by atoms with Gasteiger partial charge in [-0.2, -0.15) is 8.78 Å². The van der Waals surface area contributed by atoms with Gasteiger partial charge < -0.3 is 14.8 Å². The molecule has 3 nitrogen and oxygen atoms in total. The van der Waals surface area contributed by atoms with Crippen molar-refractivity contribution in [2.24, 2.45) is 0 Å². The van der Waals surface area contributed by atoms with Crippen LogP contribution >= 0.6 is 0 Å². The van der Waals surface area contributed by atoms with Gasteiger partial charge in [0.05, 0.1) is 6.10 Å². The summed E-state index contributed by atoms with van der Waals surface area (Å²) in [4.78, 5) is 0. The minimum absolute atomic E-state index is 0.339. The highest BCUT2D eigenvalue weighted by molar-refractivity contribution is 4.69. The monoisotopic (exact) mass is 275 g/mol. The van der Waals surface area contributed by atoms with Gasteiger partial charge in [0.15, 0.2) is 0 Å². The molecule has 0 bridgehead atoms. The van der Waals surface area contributed by atoms with Gasteiger partial charge in [0.25, 0.3) is 0 Å². The van der Waals surface area contributed by atoms with E-state index in [1.54, 1.807) is 6.92 Å². The lowest BCUT2D eigenvalue weighted by molar-refractivity contribution is -0.174. The first-order valence-electron chi connectivity index (χ1n) is 5.96. The van der Waals surface area contributed by atoms with E-state index in [-0.39, 0.29) is 0 Å². The highest BCUT2D eigenvalue weighted by Crippen LogP contribution is 2.23. The molecular formula is C11H21F4NO2. The second-order valence-electron chi connectivity index (χ2n) is 3.94. The molecule has 0 aliphatic carbocycles. The maximum atomic E-state index is 12.5. The molecule has 0 fully saturated rings. The summed E-state index contributed by atoms with van der Waals surface area (Å²) in [5.41, 5.74) is 0. The van der Waals surface area contributed by atoms with Gasteiger partial charge in [-0.15, -0.1) is 0 Å². The zero-order valence-corrected chi connectivity index (χ0v) is 10.7. The highest BCUT2D eigenvalue weighted by Gasteiger charge is 2.41. The molecule has 0 amide bonds. The average molecular weight is 275 g/mol. The maximum Gasteiger partial charge on any atom is 0.330 e. The van der Waals surface area contributed by atoms with Gasteiger partial charge in [0.2, 0.25) is 0 Å². The summed E-state index contributed by atoms with van der Waals surface area (Å²) < 4.78 is 58.5. The van der Waals surface area contributed by atoms with Crippen LogP contribution in [-0.4, -0.2) is 51.4 Å². The van der Waals surface area contributed by atoms with Crippen molar-refractivity contribution in [1.29, 1.82) is 0 Å². The van der Waals surface area contributed by atoms with E-state index in [0.29, 0.717) is 26.3 Å². The molecule has 0 radical (unpaired) electrons. The molecule has 0 aromatic rings. The van der Waals surface area contributed by atoms with E-state index in [9.17, 15) is 17.6 Å². The predicted molar refractivity (Wildman–Crippen MR) is 60.3 cm³/mol. The summed E-state index contributed by atoms with van der Waals surface area (Å²) in [5.74, 6) is -4.08. The lowest BCUT2D eigenvalue weighted by Crippen LogP contribution is -2.36. The van der Waals surface area contributed by atoms with Crippen molar-refractivity contribution in [2.75, 3.05) is 32.9 Å². The fraction of sp³-hybridized carbons (Fsp3) is 1.00. The molecule has 18 heavy (non-hydrogen) atoms. The van der Waals surface area contributed by atoms with Crippen LogP contribution in [-0.2, 0) is 9.47 Å². The first-order chi connectivity index (χ1) is 8.40. The van der Waals surface area contributed by atoms with Crippen LogP contribution in [0.2, 0.25) is 0 Å². The molecule has 0 rings (SSSR count). The number of ether oxygens (including phenoxy) is 2. The first-order valence-corrected chi connectivity index (χ1v) is 5.96. The normalized spacial score (nSPS) is 14.2. The standard InChI is InChI=1S/C11H21F4NO2/c1-3-17-6-4-5-16-7-9(2)18-8-11(14,15)10(12)13/h9-10,16H,3-8H2,1-2H3. The largest absolute Gasteiger partial charge is 0.382 e. The second-order valence-corrected chi connectivity index (χ2v) is 3.94. The van der Waals surface area contributed by atoms with E-state index in [1.807, 2.05) is 6.92 Å². The minimum Gasteiger partial charge on any atom is -0.382 e. The molecule has 0 aliphatic heterocycles. The summed E-state index contributed by atoms with van der Waals surface area (Å²) in [5, 5.41) is 2.97. The Balaban J connectivity index is 3.51. The summed E-state index contributed by atoms with van der Waals surface area (Å²) in [7, 11) is 0. The van der Waals surface area contributed by atoms with Crippen LogP contribution in [0.4, 0.5) is 17.6 Å². The van der Waals surface area contributed by atoms with E-state index in [4.69, 9.17) is 4.74 Å². The summed E-state index contributed by atoms with van der Waals surface area (Å²) in [6.45, 7) is 4.48. The van der Waals surface area contributed by atoms with Crippen LogP contribution < -0.4 is 5.32 Å². The van der Waals surface area contributed by atoms with Gasteiger partial charge in [-0.3, -0.25) is 0 Å². The van der Waals surface area contributed by atoms with Crippen molar-refractivity contribution in [3.63, 3.8) is 0 Å². The molecule has 7 heteroatoms. The van der Waals surface area contributed by atoms with Crippen LogP contribution in [0.5, 0.6) is 0 Å². The Bertz CT molecular complexity index is 205. The number of nitrogens with one attached hydrogen (secondary N) is 1. The molecule has 0 heterocycles. The third-order valence-corrected chi connectivity index (χ3v) is 2.16. The third-order valence-electron chi connectivity index (χ3n) is 2.16. The first kappa shape index (κ1) is 17.6. The predicted octanol–water partition coefficient (Wildman–Crippen LogP) is 2.31. The van der Waals surface area contributed by atoms with Crippen LogP contribution in [0.3, 0.4) is 0 Å². The number of alkyl halides is 4. The molecule has 0 saturated carbocycles. The molecule has 1 N–H and O–H groups in total. The van der Waals surface area contributed by atoms with Gasteiger partial charge in [0, 0.05) is 19.8 Å². The smallest absolute Gasteiger partial charge is 0.330 e. The van der Waals surface area contributed by atoms with Crippen LogP contribution in [0.15, 0.2) is 0 Å². The summed E-state index contributed by atoms with van der Waals surface area (Å²) in [6.07, 6.45) is -3.43. The topological polar surface area (TPSA) is 30.5 Å². The fourth-order valence-electron chi connectivity index (χ4n) is 1.12. The second kappa shape index (κ2) is 9.52. The number of hydrogen-bond donors (Lipinski definition) is 1. The Morgan fingerprint density at radius 2 is 1.94 bits per heavy atom. The van der Waals surface area contributed by atoms with Crippen molar-refractivity contribution in [3.05, 3.63) is 0 Å². The van der Waals surface area contributed by atoms with E-state index < -0.39 is 25.1 Å². The zero-order valence-electron chi connectivity index (χ0n) is 10.7.